The molecule has 5 heteroatoms. The van der Waals surface area contributed by atoms with Gasteiger partial charge in [-0.1, -0.05) is 48.5 Å². The normalized spacial score (nSPS) is 16.0. The van der Waals surface area contributed by atoms with Crippen molar-refractivity contribution < 1.29 is 9.59 Å². The third-order valence-corrected chi connectivity index (χ3v) is 3.50. The number of rotatable bonds is 2. The first kappa shape index (κ1) is 14.2. The molecular weight excluding hydrogens is 296 g/mol. The molecule has 1 aliphatic heterocycles. The van der Waals surface area contributed by atoms with Crippen LogP contribution in [0.3, 0.4) is 0 Å². The first-order valence-corrected chi connectivity index (χ1v) is 7.09. The maximum absolute atomic E-state index is 12.4. The minimum Gasteiger partial charge on any atom is -0.327 e. The zero-order valence-electron chi connectivity index (χ0n) is 11.5. The highest BCUT2D eigenvalue weighted by Gasteiger charge is 2.36. The van der Waals surface area contributed by atoms with Gasteiger partial charge >= 0.3 is 0 Å². The third kappa shape index (κ3) is 2.66. The molecule has 108 valence electrons. The fourth-order valence-corrected chi connectivity index (χ4v) is 2.42. The average Bonchev–Trinajstić information content (AvgIpc) is 2.82. The van der Waals surface area contributed by atoms with Crippen LogP contribution in [-0.4, -0.2) is 21.8 Å². The van der Waals surface area contributed by atoms with E-state index in [1.165, 1.54) is 0 Å². The Morgan fingerprint density at radius 2 is 1.59 bits per heavy atom. The minimum absolute atomic E-state index is 0.0982. The zero-order chi connectivity index (χ0) is 15.5. The second kappa shape index (κ2) is 5.91. The first-order chi connectivity index (χ1) is 10.7. The molecule has 2 aromatic carbocycles. The summed E-state index contributed by atoms with van der Waals surface area (Å²) in [5.74, 6) is -0.873. The highest BCUT2D eigenvalue weighted by atomic mass is 32.1. The van der Waals surface area contributed by atoms with Crippen molar-refractivity contribution >= 4 is 35.2 Å². The van der Waals surface area contributed by atoms with Gasteiger partial charge in [-0.15, -0.1) is 0 Å². The molecule has 0 unspecified atom stereocenters. The van der Waals surface area contributed by atoms with Crippen molar-refractivity contribution in [1.29, 1.82) is 0 Å². The van der Waals surface area contributed by atoms with Crippen LogP contribution in [0.15, 0.2) is 66.4 Å². The van der Waals surface area contributed by atoms with Gasteiger partial charge in [-0.05, 0) is 36.0 Å². The van der Waals surface area contributed by atoms with E-state index in [9.17, 15) is 9.59 Å². The summed E-state index contributed by atoms with van der Waals surface area (Å²) in [5.41, 5.74) is 1.57. The van der Waals surface area contributed by atoms with E-state index in [1.54, 1.807) is 36.4 Å². The van der Waals surface area contributed by atoms with E-state index in [0.29, 0.717) is 11.3 Å². The Hall–Kier alpha value is -2.79. The van der Waals surface area contributed by atoms with Crippen LogP contribution in [-0.2, 0) is 4.79 Å². The van der Waals surface area contributed by atoms with Gasteiger partial charge in [0.1, 0.15) is 5.70 Å². The smallest absolute Gasteiger partial charge is 0.283 e. The van der Waals surface area contributed by atoms with Gasteiger partial charge in [0.15, 0.2) is 5.11 Å². The number of hydrogen-bond acceptors (Lipinski definition) is 3. The van der Waals surface area contributed by atoms with Crippen molar-refractivity contribution in [3.05, 3.63) is 77.5 Å². The molecule has 0 spiro atoms. The van der Waals surface area contributed by atoms with Gasteiger partial charge in [0.2, 0.25) is 0 Å². The molecule has 3 rings (SSSR count). The van der Waals surface area contributed by atoms with Crippen molar-refractivity contribution in [1.82, 2.24) is 10.2 Å². The van der Waals surface area contributed by atoms with Crippen molar-refractivity contribution in [3.63, 3.8) is 0 Å². The molecule has 22 heavy (non-hydrogen) atoms. The molecule has 1 saturated heterocycles. The van der Waals surface area contributed by atoms with Crippen LogP contribution in [0.5, 0.6) is 0 Å². The summed E-state index contributed by atoms with van der Waals surface area (Å²) in [6.07, 6.45) is 1.67. The lowest BCUT2D eigenvalue weighted by Gasteiger charge is -2.11. The second-order valence-electron chi connectivity index (χ2n) is 4.71. The number of nitrogens with zero attached hydrogens (tertiary/aromatic N) is 1. The van der Waals surface area contributed by atoms with Crippen molar-refractivity contribution in [2.75, 3.05) is 0 Å². The Morgan fingerprint density at radius 3 is 2.23 bits per heavy atom. The van der Waals surface area contributed by atoms with Gasteiger partial charge in [0.05, 0.1) is 0 Å². The number of imide groups is 1. The Morgan fingerprint density at radius 1 is 1.00 bits per heavy atom. The summed E-state index contributed by atoms with van der Waals surface area (Å²) in [5, 5.41) is 2.90. The zero-order valence-corrected chi connectivity index (χ0v) is 12.3. The lowest BCUT2D eigenvalue weighted by Crippen LogP contribution is -2.36. The van der Waals surface area contributed by atoms with Crippen LogP contribution >= 0.6 is 12.2 Å². The van der Waals surface area contributed by atoms with E-state index < -0.39 is 11.8 Å². The summed E-state index contributed by atoms with van der Waals surface area (Å²) in [6, 6.07) is 18.0. The van der Waals surface area contributed by atoms with Crippen LogP contribution in [0.4, 0.5) is 0 Å². The third-order valence-electron chi connectivity index (χ3n) is 3.21. The van der Waals surface area contributed by atoms with E-state index in [2.05, 4.69) is 5.32 Å². The van der Waals surface area contributed by atoms with Gasteiger partial charge in [0.25, 0.3) is 11.8 Å². The molecule has 1 fully saturated rings. The maximum atomic E-state index is 12.4. The largest absolute Gasteiger partial charge is 0.327 e. The monoisotopic (exact) mass is 308 g/mol. The molecule has 1 N–H and O–H groups in total. The molecule has 0 aromatic heterocycles. The number of benzene rings is 2. The highest BCUT2D eigenvalue weighted by molar-refractivity contribution is 7.80. The second-order valence-corrected chi connectivity index (χ2v) is 5.10. The number of carbonyl (C=O) groups excluding carboxylic acids is 2. The molecule has 0 saturated carbocycles. The van der Waals surface area contributed by atoms with E-state index >= 15 is 0 Å². The number of amides is 2. The molecule has 2 amide bonds. The number of carbonyl (C=O) groups is 2. The summed E-state index contributed by atoms with van der Waals surface area (Å²) < 4.78 is 0. The molecule has 0 bridgehead atoms. The van der Waals surface area contributed by atoms with Crippen molar-refractivity contribution in [2.24, 2.45) is 0 Å². The van der Waals surface area contributed by atoms with E-state index in [1.807, 2.05) is 30.3 Å². The van der Waals surface area contributed by atoms with E-state index in [-0.39, 0.29) is 5.11 Å². The van der Waals surface area contributed by atoms with E-state index in [0.717, 1.165) is 10.5 Å². The number of nitrogens with one attached hydrogen (secondary N) is 1. The molecule has 4 nitrogen and oxygen atoms in total. The maximum Gasteiger partial charge on any atom is 0.283 e. The topological polar surface area (TPSA) is 49.4 Å². The summed E-state index contributed by atoms with van der Waals surface area (Å²) >= 11 is 5.12. The Labute approximate surface area is 133 Å². The lowest BCUT2D eigenvalue weighted by atomic mass is 10.2. The van der Waals surface area contributed by atoms with Gasteiger partial charge in [-0.25, -0.2) is 4.90 Å². The van der Waals surface area contributed by atoms with Crippen LogP contribution in [0.1, 0.15) is 15.9 Å². The molecule has 1 heterocycles. The number of thiocarbonyl (C=S) groups is 1. The minimum atomic E-state index is -0.442. The predicted molar refractivity (Wildman–Crippen MR) is 87.8 cm³/mol. The molecule has 0 atom stereocenters. The summed E-state index contributed by atoms with van der Waals surface area (Å²) in [6.45, 7) is 0. The average molecular weight is 308 g/mol. The Kier molecular flexibility index (Phi) is 3.80. The Bertz CT molecular complexity index is 770. The molecular formula is C17H12N2O2S. The quantitative estimate of drug-likeness (QED) is 0.526. The van der Waals surface area contributed by atoms with Crippen molar-refractivity contribution in [3.8, 4) is 0 Å². The number of hydrogen-bond donors (Lipinski definition) is 1. The predicted octanol–water partition coefficient (Wildman–Crippen LogP) is 2.58. The highest BCUT2D eigenvalue weighted by Crippen LogP contribution is 2.17. The van der Waals surface area contributed by atoms with Gasteiger partial charge in [0, 0.05) is 5.56 Å². The standard InChI is InChI=1S/C17H12N2O2S/c20-15(13-9-5-2-6-10-13)19-16(21)14(18-17(19)22)11-12-7-3-1-4-8-12/h1-11H,(H,18,22)/b14-11+. The van der Waals surface area contributed by atoms with Gasteiger partial charge < -0.3 is 5.32 Å². The van der Waals surface area contributed by atoms with Crippen LogP contribution < -0.4 is 5.32 Å². The summed E-state index contributed by atoms with van der Waals surface area (Å²) in [4.78, 5) is 25.8. The first-order valence-electron chi connectivity index (χ1n) is 6.68. The van der Waals surface area contributed by atoms with Gasteiger partial charge in [-0.3, -0.25) is 9.59 Å². The fraction of sp³-hybridized carbons (Fsp3) is 0. The van der Waals surface area contributed by atoms with Crippen LogP contribution in [0.2, 0.25) is 0 Å². The van der Waals surface area contributed by atoms with Gasteiger partial charge in [-0.2, -0.15) is 0 Å². The molecule has 1 aliphatic rings. The van der Waals surface area contributed by atoms with E-state index in [4.69, 9.17) is 12.2 Å². The fourth-order valence-electron chi connectivity index (χ4n) is 2.15. The lowest BCUT2D eigenvalue weighted by molar-refractivity contribution is -0.120. The van der Waals surface area contributed by atoms with Crippen molar-refractivity contribution in [2.45, 2.75) is 0 Å². The SMILES string of the molecule is O=C1/C(=C\c2ccccc2)NC(=S)N1C(=O)c1ccccc1. The van der Waals surface area contributed by atoms with Crippen LogP contribution in [0.25, 0.3) is 6.08 Å². The Balaban J connectivity index is 1.89. The molecule has 0 aliphatic carbocycles. The molecule has 2 aromatic rings. The summed E-state index contributed by atoms with van der Waals surface area (Å²) in [7, 11) is 0. The van der Waals surface area contributed by atoms with Crippen LogP contribution in [0, 0.1) is 0 Å². The molecule has 0 radical (unpaired) electrons.